The Morgan fingerprint density at radius 3 is 2.50 bits per heavy atom. The zero-order valence-electron chi connectivity index (χ0n) is 9.54. The summed E-state index contributed by atoms with van der Waals surface area (Å²) in [4.78, 5) is 0. The molecule has 0 aromatic carbocycles. The third-order valence-electron chi connectivity index (χ3n) is 1.78. The van der Waals surface area contributed by atoms with Crippen molar-refractivity contribution >= 4 is 0 Å². The van der Waals surface area contributed by atoms with Crippen molar-refractivity contribution in [1.29, 1.82) is 5.26 Å². The van der Waals surface area contributed by atoms with Crippen LogP contribution in [0, 0.1) is 17.2 Å². The van der Waals surface area contributed by atoms with E-state index in [1.54, 1.807) is 0 Å². The van der Waals surface area contributed by atoms with Crippen LogP contribution in [0.1, 0.15) is 34.1 Å². The highest BCUT2D eigenvalue weighted by molar-refractivity contribution is 5.35. The van der Waals surface area contributed by atoms with E-state index in [4.69, 9.17) is 5.26 Å². The van der Waals surface area contributed by atoms with Crippen LogP contribution in [0.4, 0.5) is 0 Å². The minimum Gasteiger partial charge on any atom is -0.192 e. The van der Waals surface area contributed by atoms with Crippen molar-refractivity contribution in [3.8, 4) is 6.07 Å². The fourth-order valence-electron chi connectivity index (χ4n) is 1.15. The Kier molecular flexibility index (Phi) is 6.49. The van der Waals surface area contributed by atoms with E-state index < -0.39 is 0 Å². The summed E-state index contributed by atoms with van der Waals surface area (Å²) in [5.74, 6) is 0.427. The summed E-state index contributed by atoms with van der Waals surface area (Å²) in [6.07, 6.45) is 9.10. The van der Waals surface area contributed by atoms with Crippen LogP contribution in [-0.2, 0) is 0 Å². The Hall–Kier alpha value is -1.29. The molecule has 0 radical (unpaired) electrons. The van der Waals surface area contributed by atoms with Gasteiger partial charge in [-0.15, -0.1) is 0 Å². The molecule has 0 saturated heterocycles. The van der Waals surface area contributed by atoms with E-state index in [0.29, 0.717) is 5.92 Å². The van der Waals surface area contributed by atoms with Crippen molar-refractivity contribution in [3.63, 3.8) is 0 Å². The smallest absolute Gasteiger partial charge is 0.0988 e. The summed E-state index contributed by atoms with van der Waals surface area (Å²) in [6, 6.07) is 2.20. The predicted octanol–water partition coefficient (Wildman–Crippen LogP) is 4.00. The van der Waals surface area contributed by atoms with Crippen LogP contribution < -0.4 is 0 Å². The molecule has 0 aromatic rings. The van der Waals surface area contributed by atoms with E-state index in [0.717, 1.165) is 17.6 Å². The average Bonchev–Trinajstić information content (AvgIpc) is 2.12. The fraction of sp³-hybridized carbons (Fsp3) is 0.462. The second-order valence-electron chi connectivity index (χ2n) is 3.74. The number of hydrogen-bond acceptors (Lipinski definition) is 1. The van der Waals surface area contributed by atoms with E-state index in [1.807, 2.05) is 39.0 Å². The zero-order chi connectivity index (χ0) is 11.0. The van der Waals surface area contributed by atoms with Gasteiger partial charge in [0, 0.05) is 5.57 Å². The Bertz CT molecular complexity index is 283. The van der Waals surface area contributed by atoms with Gasteiger partial charge in [0.2, 0.25) is 0 Å². The van der Waals surface area contributed by atoms with Gasteiger partial charge in [0.05, 0.1) is 6.07 Å². The molecule has 0 aliphatic carbocycles. The van der Waals surface area contributed by atoms with Gasteiger partial charge < -0.3 is 0 Å². The highest BCUT2D eigenvalue weighted by atomic mass is 14.2. The highest BCUT2D eigenvalue weighted by Crippen LogP contribution is 2.10. The van der Waals surface area contributed by atoms with Crippen molar-refractivity contribution in [2.75, 3.05) is 0 Å². The maximum absolute atomic E-state index is 8.87. The van der Waals surface area contributed by atoms with Crippen LogP contribution in [0.15, 0.2) is 35.5 Å². The summed E-state index contributed by atoms with van der Waals surface area (Å²) in [5, 5.41) is 8.87. The van der Waals surface area contributed by atoms with Crippen LogP contribution in [0.25, 0.3) is 0 Å². The van der Waals surface area contributed by atoms with E-state index in [2.05, 4.69) is 19.1 Å². The molecule has 0 aliphatic rings. The molecule has 14 heavy (non-hydrogen) atoms. The van der Waals surface area contributed by atoms with Crippen LogP contribution in [0.2, 0.25) is 0 Å². The number of hydrogen-bond donors (Lipinski definition) is 0. The SMILES string of the molecule is CC=CCC(C)C=C(C#N)C=C(C)C. The van der Waals surface area contributed by atoms with Crippen LogP contribution in [-0.4, -0.2) is 0 Å². The maximum Gasteiger partial charge on any atom is 0.0988 e. The fourth-order valence-corrected chi connectivity index (χ4v) is 1.15. The summed E-state index contributed by atoms with van der Waals surface area (Å²) < 4.78 is 0. The number of rotatable bonds is 4. The molecule has 0 saturated carbocycles. The summed E-state index contributed by atoms with van der Waals surface area (Å²) in [7, 11) is 0. The first-order valence-corrected chi connectivity index (χ1v) is 4.98. The first-order chi connectivity index (χ1) is 6.60. The average molecular weight is 189 g/mol. The second-order valence-corrected chi connectivity index (χ2v) is 3.74. The molecule has 0 aromatic heterocycles. The van der Waals surface area contributed by atoms with Gasteiger partial charge in [0.15, 0.2) is 0 Å². The Morgan fingerprint density at radius 1 is 1.43 bits per heavy atom. The van der Waals surface area contributed by atoms with Gasteiger partial charge in [-0.05, 0) is 39.2 Å². The number of nitrogens with zero attached hydrogens (tertiary/aromatic N) is 1. The molecule has 1 unspecified atom stereocenters. The molecule has 76 valence electrons. The summed E-state index contributed by atoms with van der Waals surface area (Å²) in [6.45, 7) is 8.14. The molecular weight excluding hydrogens is 170 g/mol. The molecule has 0 aliphatic heterocycles. The Labute approximate surface area is 87.4 Å². The van der Waals surface area contributed by atoms with Gasteiger partial charge in [-0.1, -0.05) is 30.7 Å². The molecule has 1 nitrogen and oxygen atoms in total. The molecule has 1 atom stereocenters. The van der Waals surface area contributed by atoms with Crippen molar-refractivity contribution < 1.29 is 0 Å². The van der Waals surface area contributed by atoms with Crippen molar-refractivity contribution in [1.82, 2.24) is 0 Å². The summed E-state index contributed by atoms with van der Waals surface area (Å²) >= 11 is 0. The lowest BCUT2D eigenvalue weighted by atomic mass is 10.0. The molecule has 0 bridgehead atoms. The molecule has 0 amide bonds. The molecule has 0 spiro atoms. The van der Waals surface area contributed by atoms with Crippen LogP contribution in [0.5, 0.6) is 0 Å². The lowest BCUT2D eigenvalue weighted by Gasteiger charge is -2.01. The van der Waals surface area contributed by atoms with E-state index in [-0.39, 0.29) is 0 Å². The maximum atomic E-state index is 8.87. The van der Waals surface area contributed by atoms with Crippen LogP contribution >= 0.6 is 0 Å². The predicted molar refractivity (Wildman–Crippen MR) is 61.7 cm³/mol. The summed E-state index contributed by atoms with van der Waals surface area (Å²) in [5.41, 5.74) is 1.93. The van der Waals surface area contributed by atoms with Gasteiger partial charge in [-0.3, -0.25) is 0 Å². The van der Waals surface area contributed by atoms with E-state index in [9.17, 15) is 0 Å². The largest absolute Gasteiger partial charge is 0.192 e. The monoisotopic (exact) mass is 189 g/mol. The van der Waals surface area contributed by atoms with Gasteiger partial charge >= 0.3 is 0 Å². The molecular formula is C13H19N. The molecule has 0 N–H and O–H groups in total. The van der Waals surface area contributed by atoms with E-state index in [1.165, 1.54) is 0 Å². The lowest BCUT2D eigenvalue weighted by Crippen LogP contribution is -1.88. The van der Waals surface area contributed by atoms with Crippen LogP contribution in [0.3, 0.4) is 0 Å². The van der Waals surface area contributed by atoms with Gasteiger partial charge in [-0.25, -0.2) is 0 Å². The molecule has 1 heteroatoms. The molecule has 0 fully saturated rings. The Balaban J connectivity index is 4.45. The van der Waals surface area contributed by atoms with Gasteiger partial charge in [0.25, 0.3) is 0 Å². The standard InChI is InChI=1S/C13H19N/c1-5-6-7-12(4)9-13(10-14)8-11(2)3/h5-6,8-9,12H,7H2,1-4H3. The van der Waals surface area contributed by atoms with Gasteiger partial charge in [-0.2, -0.15) is 5.26 Å². The highest BCUT2D eigenvalue weighted by Gasteiger charge is 1.97. The quantitative estimate of drug-likeness (QED) is 0.372. The third kappa shape index (κ3) is 6.25. The Morgan fingerprint density at radius 2 is 2.07 bits per heavy atom. The topological polar surface area (TPSA) is 23.8 Å². The van der Waals surface area contributed by atoms with Crippen molar-refractivity contribution in [2.45, 2.75) is 34.1 Å². The second kappa shape index (κ2) is 7.15. The first kappa shape index (κ1) is 12.7. The van der Waals surface area contributed by atoms with Crippen molar-refractivity contribution in [2.24, 2.45) is 5.92 Å². The van der Waals surface area contributed by atoms with Crippen molar-refractivity contribution in [3.05, 3.63) is 35.5 Å². The molecule has 0 rings (SSSR count). The minimum absolute atomic E-state index is 0.427. The normalized spacial score (nSPS) is 13.8. The minimum atomic E-state index is 0.427. The number of nitriles is 1. The van der Waals surface area contributed by atoms with E-state index >= 15 is 0 Å². The first-order valence-electron chi connectivity index (χ1n) is 4.98. The third-order valence-corrected chi connectivity index (χ3v) is 1.78. The van der Waals surface area contributed by atoms with Gasteiger partial charge in [0.1, 0.15) is 0 Å². The lowest BCUT2D eigenvalue weighted by molar-refractivity contribution is 0.741. The zero-order valence-corrected chi connectivity index (χ0v) is 9.54. The molecule has 0 heterocycles. The number of allylic oxidation sites excluding steroid dienone is 6.